The molecule has 0 aliphatic heterocycles. The maximum absolute atomic E-state index is 12.7. The van der Waals surface area contributed by atoms with Crippen molar-refractivity contribution < 1.29 is 4.21 Å². The van der Waals surface area contributed by atoms with E-state index in [0.29, 0.717) is 22.0 Å². The maximum Gasteiger partial charge on any atom is 0.0509 e. The van der Waals surface area contributed by atoms with Crippen LogP contribution in [0.4, 0.5) is 0 Å². The van der Waals surface area contributed by atoms with E-state index in [9.17, 15) is 4.21 Å². The Morgan fingerprint density at radius 1 is 1.39 bits per heavy atom. The summed E-state index contributed by atoms with van der Waals surface area (Å²) in [5.74, 6) is 0. The molecule has 0 saturated heterocycles. The summed E-state index contributed by atoms with van der Waals surface area (Å²) >= 11 is 0. The molecule has 0 amide bonds. The van der Waals surface area contributed by atoms with Gasteiger partial charge in [-0.05, 0) is 44.1 Å². The second kappa shape index (κ2) is 7.04. The van der Waals surface area contributed by atoms with E-state index in [4.69, 9.17) is 0 Å². The van der Waals surface area contributed by atoms with Crippen molar-refractivity contribution in [2.75, 3.05) is 6.54 Å². The van der Waals surface area contributed by atoms with Gasteiger partial charge in [0.05, 0.1) is 5.25 Å². The predicted octanol–water partition coefficient (Wildman–Crippen LogP) is 3.48. The Morgan fingerprint density at radius 3 is 2.61 bits per heavy atom. The van der Waals surface area contributed by atoms with Gasteiger partial charge in [-0.1, -0.05) is 34.6 Å². The lowest BCUT2D eigenvalue weighted by molar-refractivity contribution is 0.211. The highest BCUT2D eigenvalue weighted by Gasteiger charge is 2.38. The summed E-state index contributed by atoms with van der Waals surface area (Å²) in [6, 6.07) is 0.466. The Morgan fingerprint density at radius 2 is 2.06 bits per heavy atom. The standard InChI is InChI=1S/C15H31NOS/c1-6-10-16-13-8-9-15(4,5)11-14(13)18(17)12(3)7-2/h12-14,16H,6-11H2,1-5H3. The summed E-state index contributed by atoms with van der Waals surface area (Å²) in [7, 11) is -0.694. The molecular weight excluding hydrogens is 242 g/mol. The second-order valence-electron chi connectivity index (χ2n) is 6.55. The van der Waals surface area contributed by atoms with Crippen LogP contribution in [0, 0.1) is 5.41 Å². The van der Waals surface area contributed by atoms with Crippen molar-refractivity contribution in [1.29, 1.82) is 0 Å². The highest BCUT2D eigenvalue weighted by Crippen LogP contribution is 2.38. The fourth-order valence-electron chi connectivity index (χ4n) is 2.79. The molecule has 1 aliphatic rings. The third-order valence-electron chi connectivity index (χ3n) is 4.26. The van der Waals surface area contributed by atoms with Crippen LogP contribution >= 0.6 is 0 Å². The van der Waals surface area contributed by atoms with Gasteiger partial charge < -0.3 is 5.32 Å². The zero-order valence-corrected chi connectivity index (χ0v) is 13.6. The third kappa shape index (κ3) is 4.34. The van der Waals surface area contributed by atoms with E-state index in [2.05, 4.69) is 39.9 Å². The smallest absolute Gasteiger partial charge is 0.0509 e. The molecule has 0 aromatic carbocycles. The monoisotopic (exact) mass is 273 g/mol. The Bertz CT molecular complexity index is 278. The average molecular weight is 273 g/mol. The lowest BCUT2D eigenvalue weighted by Crippen LogP contribution is -2.50. The molecule has 1 rings (SSSR count). The first-order valence-electron chi connectivity index (χ1n) is 7.54. The number of hydrogen-bond acceptors (Lipinski definition) is 2. The Kier molecular flexibility index (Phi) is 6.32. The van der Waals surface area contributed by atoms with Crippen molar-refractivity contribution in [3.63, 3.8) is 0 Å². The van der Waals surface area contributed by atoms with Gasteiger partial charge in [-0.25, -0.2) is 0 Å². The molecular formula is C15H31NOS. The molecule has 0 heterocycles. The van der Waals surface area contributed by atoms with Gasteiger partial charge in [0.2, 0.25) is 0 Å². The zero-order chi connectivity index (χ0) is 13.8. The minimum Gasteiger partial charge on any atom is -0.313 e. The molecule has 1 saturated carbocycles. The number of hydrogen-bond donors (Lipinski definition) is 1. The molecule has 0 aromatic rings. The molecule has 1 aliphatic carbocycles. The molecule has 4 unspecified atom stereocenters. The lowest BCUT2D eigenvalue weighted by atomic mass is 9.75. The van der Waals surface area contributed by atoms with Gasteiger partial charge in [-0.15, -0.1) is 0 Å². The average Bonchev–Trinajstić information content (AvgIpc) is 2.34. The number of rotatable bonds is 6. The summed E-state index contributed by atoms with van der Waals surface area (Å²) < 4.78 is 12.7. The van der Waals surface area contributed by atoms with Gasteiger partial charge in [-0.3, -0.25) is 4.21 Å². The second-order valence-corrected chi connectivity index (χ2v) is 8.62. The largest absolute Gasteiger partial charge is 0.313 e. The highest BCUT2D eigenvalue weighted by atomic mass is 32.2. The molecule has 1 fully saturated rings. The molecule has 0 aromatic heterocycles. The molecule has 18 heavy (non-hydrogen) atoms. The van der Waals surface area contributed by atoms with Crippen molar-refractivity contribution in [2.24, 2.45) is 5.41 Å². The van der Waals surface area contributed by atoms with Crippen molar-refractivity contribution in [3.8, 4) is 0 Å². The summed E-state index contributed by atoms with van der Waals surface area (Å²) in [6.45, 7) is 12.2. The summed E-state index contributed by atoms with van der Waals surface area (Å²) in [6.07, 6.45) is 5.71. The van der Waals surface area contributed by atoms with Gasteiger partial charge in [0.25, 0.3) is 0 Å². The van der Waals surface area contributed by atoms with Gasteiger partial charge in [0.1, 0.15) is 0 Å². The fraction of sp³-hybridized carbons (Fsp3) is 1.00. The van der Waals surface area contributed by atoms with E-state index in [1.807, 2.05) is 0 Å². The topological polar surface area (TPSA) is 29.1 Å². The van der Waals surface area contributed by atoms with Gasteiger partial charge >= 0.3 is 0 Å². The predicted molar refractivity (Wildman–Crippen MR) is 81.4 cm³/mol. The van der Waals surface area contributed by atoms with Crippen molar-refractivity contribution >= 4 is 10.8 Å². The van der Waals surface area contributed by atoms with E-state index in [0.717, 1.165) is 25.8 Å². The summed E-state index contributed by atoms with van der Waals surface area (Å²) in [5.41, 5.74) is 0.359. The van der Waals surface area contributed by atoms with Crippen molar-refractivity contribution in [1.82, 2.24) is 5.32 Å². The Hall–Kier alpha value is 0.110. The summed E-state index contributed by atoms with van der Waals surface area (Å²) in [4.78, 5) is 0. The first-order valence-corrected chi connectivity index (χ1v) is 8.81. The summed E-state index contributed by atoms with van der Waals surface area (Å²) in [5, 5.41) is 4.30. The van der Waals surface area contributed by atoms with Gasteiger partial charge in [0, 0.05) is 22.1 Å². The maximum atomic E-state index is 12.7. The van der Waals surface area contributed by atoms with E-state index in [-0.39, 0.29) is 0 Å². The molecule has 1 N–H and O–H groups in total. The van der Waals surface area contributed by atoms with Gasteiger partial charge in [-0.2, -0.15) is 0 Å². The van der Waals surface area contributed by atoms with Crippen LogP contribution in [0.5, 0.6) is 0 Å². The van der Waals surface area contributed by atoms with Crippen molar-refractivity contribution in [2.45, 2.75) is 83.3 Å². The fourth-order valence-corrected chi connectivity index (χ4v) is 4.89. The SMILES string of the molecule is CCCNC1CCC(C)(C)CC1S(=O)C(C)CC. The number of nitrogens with one attached hydrogen (secondary N) is 1. The van der Waals surface area contributed by atoms with E-state index in [1.54, 1.807) is 0 Å². The normalized spacial score (nSPS) is 30.9. The molecule has 3 heteroatoms. The zero-order valence-electron chi connectivity index (χ0n) is 12.8. The molecule has 4 atom stereocenters. The van der Waals surface area contributed by atoms with E-state index >= 15 is 0 Å². The minimum absolute atomic E-state index is 0.329. The van der Waals surface area contributed by atoms with Crippen LogP contribution in [-0.4, -0.2) is 27.3 Å². The third-order valence-corrected chi connectivity index (χ3v) is 6.48. The first-order chi connectivity index (χ1) is 8.41. The van der Waals surface area contributed by atoms with E-state index in [1.165, 1.54) is 12.8 Å². The molecule has 0 bridgehead atoms. The van der Waals surface area contributed by atoms with Gasteiger partial charge in [0.15, 0.2) is 0 Å². The van der Waals surface area contributed by atoms with Crippen LogP contribution in [-0.2, 0) is 10.8 Å². The first kappa shape index (κ1) is 16.2. The van der Waals surface area contributed by atoms with Crippen molar-refractivity contribution in [3.05, 3.63) is 0 Å². The quantitative estimate of drug-likeness (QED) is 0.803. The minimum atomic E-state index is -0.694. The molecule has 108 valence electrons. The van der Waals surface area contributed by atoms with Crippen LogP contribution in [0.3, 0.4) is 0 Å². The Labute approximate surface area is 116 Å². The van der Waals surface area contributed by atoms with E-state index < -0.39 is 10.8 Å². The molecule has 2 nitrogen and oxygen atoms in total. The van der Waals surface area contributed by atoms with Crippen LogP contribution < -0.4 is 5.32 Å². The highest BCUT2D eigenvalue weighted by molar-refractivity contribution is 7.86. The molecule has 0 radical (unpaired) electrons. The Balaban J connectivity index is 2.73. The van der Waals surface area contributed by atoms with Crippen LogP contribution in [0.25, 0.3) is 0 Å². The van der Waals surface area contributed by atoms with Crippen LogP contribution in [0.2, 0.25) is 0 Å². The van der Waals surface area contributed by atoms with Crippen LogP contribution in [0.1, 0.15) is 66.7 Å². The molecule has 0 spiro atoms. The van der Waals surface area contributed by atoms with Crippen LogP contribution in [0.15, 0.2) is 0 Å². The lowest BCUT2D eigenvalue weighted by Gasteiger charge is -2.41.